The molecule has 118 valence electrons. The summed E-state index contributed by atoms with van der Waals surface area (Å²) in [4.78, 5) is 17.7. The summed E-state index contributed by atoms with van der Waals surface area (Å²) in [5.74, 6) is 0.545. The van der Waals surface area contributed by atoms with Gasteiger partial charge in [0.05, 0.1) is 11.9 Å². The predicted molar refractivity (Wildman–Crippen MR) is 92.9 cm³/mol. The summed E-state index contributed by atoms with van der Waals surface area (Å²) in [5, 5.41) is 8.01. The van der Waals surface area contributed by atoms with Crippen molar-refractivity contribution >= 4 is 23.1 Å². The zero-order valence-electron chi connectivity index (χ0n) is 13.3. The van der Waals surface area contributed by atoms with Crippen molar-refractivity contribution in [2.24, 2.45) is 0 Å². The van der Waals surface area contributed by atoms with Crippen LogP contribution in [-0.4, -0.2) is 20.7 Å². The van der Waals surface area contributed by atoms with E-state index in [0.717, 1.165) is 16.3 Å². The Bertz CT molecular complexity index is 820. The lowest BCUT2D eigenvalue weighted by Crippen LogP contribution is -2.16. The van der Waals surface area contributed by atoms with Crippen LogP contribution in [0.3, 0.4) is 0 Å². The highest BCUT2D eigenvalue weighted by Crippen LogP contribution is 2.28. The molecule has 0 fully saturated rings. The van der Waals surface area contributed by atoms with Gasteiger partial charge in [-0.05, 0) is 20.8 Å². The molecule has 0 atom stereocenters. The van der Waals surface area contributed by atoms with Crippen molar-refractivity contribution in [2.45, 2.75) is 26.8 Å². The molecule has 1 amide bonds. The van der Waals surface area contributed by atoms with Gasteiger partial charge in [0.15, 0.2) is 0 Å². The topological polar surface area (TPSA) is 59.8 Å². The highest BCUT2D eigenvalue weighted by molar-refractivity contribution is 7.17. The number of nitrogens with zero attached hydrogens (tertiary/aromatic N) is 3. The van der Waals surface area contributed by atoms with Gasteiger partial charge < -0.3 is 5.32 Å². The lowest BCUT2D eigenvalue weighted by atomic mass is 10.2. The minimum atomic E-state index is -0.149. The summed E-state index contributed by atoms with van der Waals surface area (Å²) < 4.78 is 1.78. The van der Waals surface area contributed by atoms with Crippen LogP contribution in [0.1, 0.15) is 35.3 Å². The molecule has 0 aliphatic heterocycles. The van der Waals surface area contributed by atoms with Crippen LogP contribution >= 0.6 is 11.3 Å². The van der Waals surface area contributed by atoms with E-state index >= 15 is 0 Å². The van der Waals surface area contributed by atoms with Crippen LogP contribution in [-0.2, 0) is 0 Å². The van der Waals surface area contributed by atoms with Crippen LogP contribution in [0.4, 0.5) is 5.82 Å². The third-order valence-electron chi connectivity index (χ3n) is 3.42. The average molecular weight is 326 g/mol. The first kappa shape index (κ1) is 15.4. The first-order valence-corrected chi connectivity index (χ1v) is 8.25. The quantitative estimate of drug-likeness (QED) is 0.783. The van der Waals surface area contributed by atoms with Crippen molar-refractivity contribution in [1.29, 1.82) is 0 Å². The van der Waals surface area contributed by atoms with Crippen molar-refractivity contribution < 1.29 is 4.79 Å². The van der Waals surface area contributed by atoms with Gasteiger partial charge in [-0.1, -0.05) is 30.3 Å². The highest BCUT2D eigenvalue weighted by Gasteiger charge is 2.18. The fourth-order valence-electron chi connectivity index (χ4n) is 2.31. The van der Waals surface area contributed by atoms with Gasteiger partial charge in [0.25, 0.3) is 5.91 Å². The Morgan fingerprint density at radius 3 is 2.65 bits per heavy atom. The van der Waals surface area contributed by atoms with Gasteiger partial charge >= 0.3 is 0 Å². The van der Waals surface area contributed by atoms with E-state index in [1.165, 1.54) is 11.3 Å². The van der Waals surface area contributed by atoms with E-state index in [4.69, 9.17) is 0 Å². The number of amides is 1. The van der Waals surface area contributed by atoms with E-state index in [-0.39, 0.29) is 11.9 Å². The van der Waals surface area contributed by atoms with Gasteiger partial charge in [0.1, 0.15) is 15.7 Å². The Labute approximate surface area is 139 Å². The van der Waals surface area contributed by atoms with E-state index in [2.05, 4.69) is 15.4 Å². The van der Waals surface area contributed by atoms with Crippen LogP contribution in [0.5, 0.6) is 0 Å². The molecule has 3 aromatic rings. The minimum Gasteiger partial charge on any atom is -0.306 e. The summed E-state index contributed by atoms with van der Waals surface area (Å²) in [6, 6.07) is 11.9. The molecule has 2 aromatic heterocycles. The maximum Gasteiger partial charge on any atom is 0.268 e. The zero-order chi connectivity index (χ0) is 16.4. The Kier molecular flexibility index (Phi) is 4.25. The lowest BCUT2D eigenvalue weighted by molar-refractivity contribution is 0.102. The highest BCUT2D eigenvalue weighted by atomic mass is 32.1. The summed E-state index contributed by atoms with van der Waals surface area (Å²) in [6.07, 6.45) is 1.69. The smallest absolute Gasteiger partial charge is 0.268 e. The van der Waals surface area contributed by atoms with Crippen LogP contribution in [0, 0.1) is 6.92 Å². The second-order valence-corrected chi connectivity index (χ2v) is 6.51. The van der Waals surface area contributed by atoms with E-state index < -0.39 is 0 Å². The molecule has 1 N–H and O–H groups in total. The standard InChI is InChI=1S/C17H18N4OS/c1-11(2)21-14(9-10-18-21)20-16(22)15-12(3)19-17(23-15)13-7-5-4-6-8-13/h4-11H,1-3H3,(H,20,22). The van der Waals surface area contributed by atoms with Crippen LogP contribution in [0.25, 0.3) is 10.6 Å². The minimum absolute atomic E-state index is 0.149. The van der Waals surface area contributed by atoms with Gasteiger partial charge in [-0.2, -0.15) is 5.10 Å². The molecule has 3 rings (SSSR count). The summed E-state index contributed by atoms with van der Waals surface area (Å²) >= 11 is 1.40. The predicted octanol–water partition coefficient (Wildman–Crippen LogP) is 4.15. The van der Waals surface area contributed by atoms with E-state index in [1.807, 2.05) is 51.1 Å². The molecule has 0 saturated heterocycles. The Morgan fingerprint density at radius 1 is 1.22 bits per heavy atom. The molecule has 5 nitrogen and oxygen atoms in total. The number of carbonyl (C=O) groups excluding carboxylic acids is 1. The average Bonchev–Trinajstić information content (AvgIpc) is 3.14. The summed E-state index contributed by atoms with van der Waals surface area (Å²) in [5.41, 5.74) is 1.76. The number of anilines is 1. The molecular weight excluding hydrogens is 308 g/mol. The van der Waals surface area contributed by atoms with E-state index in [1.54, 1.807) is 16.9 Å². The zero-order valence-corrected chi connectivity index (χ0v) is 14.1. The normalized spacial score (nSPS) is 11.0. The molecule has 23 heavy (non-hydrogen) atoms. The Morgan fingerprint density at radius 2 is 1.96 bits per heavy atom. The molecular formula is C17H18N4OS. The third kappa shape index (κ3) is 3.17. The van der Waals surface area contributed by atoms with Crippen LogP contribution in [0.15, 0.2) is 42.6 Å². The first-order chi connectivity index (χ1) is 11.1. The maximum atomic E-state index is 12.6. The largest absolute Gasteiger partial charge is 0.306 e. The van der Waals surface area contributed by atoms with Crippen molar-refractivity contribution in [3.63, 3.8) is 0 Å². The van der Waals surface area contributed by atoms with Gasteiger partial charge in [-0.3, -0.25) is 4.79 Å². The molecule has 0 radical (unpaired) electrons. The maximum absolute atomic E-state index is 12.6. The molecule has 0 saturated carbocycles. The number of benzene rings is 1. The van der Waals surface area contributed by atoms with Crippen molar-refractivity contribution in [1.82, 2.24) is 14.8 Å². The summed E-state index contributed by atoms with van der Waals surface area (Å²) in [6.45, 7) is 5.90. The summed E-state index contributed by atoms with van der Waals surface area (Å²) in [7, 11) is 0. The van der Waals surface area contributed by atoms with Gasteiger partial charge in [-0.15, -0.1) is 11.3 Å². The van der Waals surface area contributed by atoms with Gasteiger partial charge in [0, 0.05) is 17.7 Å². The van der Waals surface area contributed by atoms with Crippen LogP contribution in [0.2, 0.25) is 0 Å². The number of carbonyl (C=O) groups is 1. The van der Waals surface area contributed by atoms with Crippen molar-refractivity contribution in [3.8, 4) is 10.6 Å². The van der Waals surface area contributed by atoms with E-state index in [0.29, 0.717) is 10.7 Å². The Hall–Kier alpha value is -2.47. The lowest BCUT2D eigenvalue weighted by Gasteiger charge is -2.11. The fourth-order valence-corrected chi connectivity index (χ4v) is 3.28. The molecule has 2 heterocycles. The molecule has 6 heteroatoms. The number of hydrogen-bond acceptors (Lipinski definition) is 4. The Balaban J connectivity index is 1.86. The molecule has 0 bridgehead atoms. The number of hydrogen-bond donors (Lipinski definition) is 1. The van der Waals surface area contributed by atoms with Crippen molar-refractivity contribution in [2.75, 3.05) is 5.32 Å². The molecule has 1 aromatic carbocycles. The van der Waals surface area contributed by atoms with Crippen LogP contribution < -0.4 is 5.32 Å². The molecule has 0 aliphatic carbocycles. The number of thiazole rings is 1. The van der Waals surface area contributed by atoms with E-state index in [9.17, 15) is 4.79 Å². The fraction of sp³-hybridized carbons (Fsp3) is 0.235. The molecule has 0 aliphatic rings. The SMILES string of the molecule is Cc1nc(-c2ccccc2)sc1C(=O)Nc1ccnn1C(C)C. The number of rotatable bonds is 4. The number of aryl methyl sites for hydroxylation is 1. The third-order valence-corrected chi connectivity index (χ3v) is 4.63. The molecule has 0 spiro atoms. The van der Waals surface area contributed by atoms with Crippen molar-refractivity contribution in [3.05, 3.63) is 53.2 Å². The monoisotopic (exact) mass is 326 g/mol. The first-order valence-electron chi connectivity index (χ1n) is 7.44. The second-order valence-electron chi connectivity index (χ2n) is 5.51. The number of aromatic nitrogens is 3. The van der Waals surface area contributed by atoms with Gasteiger partial charge in [-0.25, -0.2) is 9.67 Å². The second kappa shape index (κ2) is 6.34. The van der Waals surface area contributed by atoms with Gasteiger partial charge in [0.2, 0.25) is 0 Å². The molecule has 0 unspecified atom stereocenters. The number of nitrogens with one attached hydrogen (secondary N) is 1.